The number of amides is 1. The molecule has 0 spiro atoms. The molecule has 3 aromatic rings. The lowest BCUT2D eigenvalue weighted by Crippen LogP contribution is -2.14. The van der Waals surface area contributed by atoms with E-state index in [-0.39, 0.29) is 11.7 Å². The van der Waals surface area contributed by atoms with Gasteiger partial charge in [0.2, 0.25) is 0 Å². The maximum absolute atomic E-state index is 13.0. The monoisotopic (exact) mass is 321 g/mol. The number of nitrogens with one attached hydrogen (secondary N) is 2. The van der Waals surface area contributed by atoms with Gasteiger partial charge >= 0.3 is 0 Å². The highest BCUT2D eigenvalue weighted by Gasteiger charge is 2.13. The number of rotatable bonds is 4. The maximum atomic E-state index is 13.0. The van der Waals surface area contributed by atoms with Crippen molar-refractivity contribution in [1.29, 1.82) is 0 Å². The van der Waals surface area contributed by atoms with Crippen molar-refractivity contribution in [3.8, 4) is 0 Å². The summed E-state index contributed by atoms with van der Waals surface area (Å²) in [6.45, 7) is 1.98. The Kier molecular flexibility index (Phi) is 4.52. The van der Waals surface area contributed by atoms with Crippen molar-refractivity contribution in [1.82, 2.24) is 4.98 Å². The van der Waals surface area contributed by atoms with Crippen LogP contribution in [0, 0.1) is 12.7 Å². The topological polar surface area (TPSA) is 54.0 Å². The Bertz CT molecular complexity index is 862. The molecule has 4 nitrogen and oxygen atoms in total. The van der Waals surface area contributed by atoms with Crippen molar-refractivity contribution < 1.29 is 9.18 Å². The van der Waals surface area contributed by atoms with Crippen LogP contribution in [0.15, 0.2) is 66.9 Å². The predicted octanol–water partition coefficient (Wildman–Crippen LogP) is 4.53. The van der Waals surface area contributed by atoms with E-state index in [0.717, 1.165) is 11.3 Å². The Labute approximate surface area is 139 Å². The van der Waals surface area contributed by atoms with Crippen molar-refractivity contribution in [2.24, 2.45) is 0 Å². The molecule has 1 aromatic heterocycles. The molecule has 0 atom stereocenters. The number of aryl methyl sites for hydroxylation is 1. The SMILES string of the molecule is Cc1ccccc1Nc1ncccc1C(=O)Nc1ccc(F)cc1. The van der Waals surface area contributed by atoms with E-state index in [1.54, 1.807) is 18.3 Å². The summed E-state index contributed by atoms with van der Waals surface area (Å²) in [5.74, 6) is -0.200. The van der Waals surface area contributed by atoms with Crippen molar-refractivity contribution in [3.05, 3.63) is 83.8 Å². The number of hydrogen-bond acceptors (Lipinski definition) is 3. The number of nitrogens with zero attached hydrogens (tertiary/aromatic N) is 1. The molecule has 1 heterocycles. The van der Waals surface area contributed by atoms with E-state index in [1.807, 2.05) is 31.2 Å². The lowest BCUT2D eigenvalue weighted by Gasteiger charge is -2.12. The van der Waals surface area contributed by atoms with Crippen LogP contribution in [0.3, 0.4) is 0 Å². The maximum Gasteiger partial charge on any atom is 0.259 e. The molecule has 1 amide bonds. The first kappa shape index (κ1) is 15.7. The first-order chi connectivity index (χ1) is 11.6. The Balaban J connectivity index is 1.84. The van der Waals surface area contributed by atoms with Crippen molar-refractivity contribution in [2.75, 3.05) is 10.6 Å². The van der Waals surface area contributed by atoms with Gasteiger partial charge in [-0.1, -0.05) is 18.2 Å². The molecule has 0 aliphatic rings. The average molecular weight is 321 g/mol. The highest BCUT2D eigenvalue weighted by molar-refractivity contribution is 6.07. The average Bonchev–Trinajstić information content (AvgIpc) is 2.59. The zero-order valence-corrected chi connectivity index (χ0v) is 13.1. The molecule has 0 aliphatic carbocycles. The number of hydrogen-bond donors (Lipinski definition) is 2. The third kappa shape index (κ3) is 3.57. The molecule has 2 N–H and O–H groups in total. The van der Waals surface area contributed by atoms with Gasteiger partial charge < -0.3 is 10.6 Å². The largest absolute Gasteiger partial charge is 0.339 e. The number of anilines is 3. The highest BCUT2D eigenvalue weighted by Crippen LogP contribution is 2.22. The summed E-state index contributed by atoms with van der Waals surface area (Å²) >= 11 is 0. The molecule has 5 heteroatoms. The van der Waals surface area contributed by atoms with E-state index in [9.17, 15) is 9.18 Å². The summed E-state index contributed by atoms with van der Waals surface area (Å²) in [7, 11) is 0. The molecular weight excluding hydrogens is 305 g/mol. The zero-order valence-electron chi connectivity index (χ0n) is 13.1. The van der Waals surface area contributed by atoms with Gasteiger partial charge in [0.15, 0.2) is 0 Å². The van der Waals surface area contributed by atoms with Crippen LogP contribution in [0.5, 0.6) is 0 Å². The number of carbonyl (C=O) groups is 1. The first-order valence-electron chi connectivity index (χ1n) is 7.48. The van der Waals surface area contributed by atoms with Gasteiger partial charge in [0.25, 0.3) is 5.91 Å². The molecule has 0 radical (unpaired) electrons. The van der Waals surface area contributed by atoms with Crippen molar-refractivity contribution in [2.45, 2.75) is 6.92 Å². The fourth-order valence-electron chi connectivity index (χ4n) is 2.26. The minimum atomic E-state index is -0.351. The fraction of sp³-hybridized carbons (Fsp3) is 0.0526. The number of pyridine rings is 1. The predicted molar refractivity (Wildman–Crippen MR) is 93.1 cm³/mol. The molecule has 0 saturated carbocycles. The quantitative estimate of drug-likeness (QED) is 0.742. The third-order valence-electron chi connectivity index (χ3n) is 3.55. The Morgan fingerprint density at radius 2 is 1.75 bits per heavy atom. The van der Waals surface area contributed by atoms with Crippen LogP contribution in [-0.2, 0) is 0 Å². The second-order valence-corrected chi connectivity index (χ2v) is 5.30. The summed E-state index contributed by atoms with van der Waals surface area (Å²) in [5, 5.41) is 5.93. The molecule has 0 saturated heterocycles. The number of benzene rings is 2. The number of carbonyl (C=O) groups excluding carboxylic acids is 1. The van der Waals surface area contributed by atoms with Crippen LogP contribution >= 0.6 is 0 Å². The molecule has 0 unspecified atom stereocenters. The van der Waals surface area contributed by atoms with E-state index in [2.05, 4.69) is 15.6 Å². The highest BCUT2D eigenvalue weighted by atomic mass is 19.1. The van der Waals surface area contributed by atoms with Crippen LogP contribution in [0.4, 0.5) is 21.6 Å². The molecule has 120 valence electrons. The molecule has 0 bridgehead atoms. The first-order valence-corrected chi connectivity index (χ1v) is 7.48. The number of halogens is 1. The summed E-state index contributed by atoms with van der Waals surface area (Å²) in [6.07, 6.45) is 1.62. The molecule has 2 aromatic carbocycles. The van der Waals surface area contributed by atoms with Gasteiger partial charge in [-0.3, -0.25) is 4.79 Å². The summed E-state index contributed by atoms with van der Waals surface area (Å²) < 4.78 is 13.0. The van der Waals surface area contributed by atoms with E-state index in [4.69, 9.17) is 0 Å². The lowest BCUT2D eigenvalue weighted by molar-refractivity contribution is 0.102. The smallest absolute Gasteiger partial charge is 0.259 e. The standard InChI is InChI=1S/C19H16FN3O/c1-13-5-2-3-7-17(13)23-18-16(6-4-12-21-18)19(24)22-15-10-8-14(20)9-11-15/h2-12H,1H3,(H,21,23)(H,22,24). The summed E-state index contributed by atoms with van der Waals surface area (Å²) in [4.78, 5) is 16.8. The minimum Gasteiger partial charge on any atom is -0.339 e. The van der Waals surface area contributed by atoms with Crippen LogP contribution in [0.25, 0.3) is 0 Å². The van der Waals surface area contributed by atoms with Crippen LogP contribution in [0.1, 0.15) is 15.9 Å². The lowest BCUT2D eigenvalue weighted by atomic mass is 10.2. The van der Waals surface area contributed by atoms with Crippen LogP contribution < -0.4 is 10.6 Å². The van der Waals surface area contributed by atoms with Gasteiger partial charge in [0.1, 0.15) is 11.6 Å². The van der Waals surface area contributed by atoms with Gasteiger partial charge in [0.05, 0.1) is 5.56 Å². The number of aromatic nitrogens is 1. The molecule has 24 heavy (non-hydrogen) atoms. The normalized spacial score (nSPS) is 10.2. The Hall–Kier alpha value is -3.21. The minimum absolute atomic E-state index is 0.314. The van der Waals surface area contributed by atoms with Gasteiger partial charge in [0, 0.05) is 17.6 Å². The summed E-state index contributed by atoms with van der Waals surface area (Å²) in [6, 6.07) is 16.8. The third-order valence-corrected chi connectivity index (χ3v) is 3.55. The zero-order chi connectivity index (χ0) is 16.9. The van der Waals surface area contributed by atoms with Crippen LogP contribution in [0.2, 0.25) is 0 Å². The Morgan fingerprint density at radius 1 is 1.00 bits per heavy atom. The van der Waals surface area contributed by atoms with Gasteiger partial charge in [-0.15, -0.1) is 0 Å². The van der Waals surface area contributed by atoms with E-state index in [1.165, 1.54) is 24.3 Å². The molecule has 3 rings (SSSR count). The molecular formula is C19H16FN3O. The van der Waals surface area contributed by atoms with E-state index >= 15 is 0 Å². The van der Waals surface area contributed by atoms with Gasteiger partial charge in [-0.05, 0) is 55.0 Å². The van der Waals surface area contributed by atoms with Crippen molar-refractivity contribution >= 4 is 23.1 Å². The van der Waals surface area contributed by atoms with Crippen molar-refractivity contribution in [3.63, 3.8) is 0 Å². The van der Waals surface area contributed by atoms with E-state index in [0.29, 0.717) is 17.1 Å². The Morgan fingerprint density at radius 3 is 2.50 bits per heavy atom. The van der Waals surface area contributed by atoms with Gasteiger partial charge in [-0.25, -0.2) is 9.37 Å². The second-order valence-electron chi connectivity index (χ2n) is 5.30. The van der Waals surface area contributed by atoms with E-state index < -0.39 is 0 Å². The van der Waals surface area contributed by atoms with Crippen LogP contribution in [-0.4, -0.2) is 10.9 Å². The molecule has 0 aliphatic heterocycles. The summed E-state index contributed by atoms with van der Waals surface area (Å²) in [5.41, 5.74) is 2.86. The second kappa shape index (κ2) is 6.91. The number of para-hydroxylation sites is 1. The van der Waals surface area contributed by atoms with Gasteiger partial charge in [-0.2, -0.15) is 0 Å². The fourth-order valence-corrected chi connectivity index (χ4v) is 2.26. The molecule has 0 fully saturated rings.